The molecule has 2 amide bonds. The first-order valence-corrected chi connectivity index (χ1v) is 11.0. The molecule has 3 aromatic rings. The molecule has 3 rings (SSSR count). The zero-order valence-electron chi connectivity index (χ0n) is 18.4. The number of halogens is 3. The maximum absolute atomic E-state index is 14.4. The molecule has 0 saturated heterocycles. The lowest BCUT2D eigenvalue weighted by atomic mass is 10.0. The van der Waals surface area contributed by atoms with Gasteiger partial charge in [0.2, 0.25) is 5.91 Å². The van der Waals surface area contributed by atoms with E-state index in [0.29, 0.717) is 33.1 Å². The lowest BCUT2D eigenvalue weighted by Gasteiger charge is -2.24. The maximum Gasteiger partial charge on any atom is 0.262 e. The van der Waals surface area contributed by atoms with Gasteiger partial charge in [-0.2, -0.15) is 0 Å². The number of carbonyl (C=O) groups is 2. The molecule has 0 heterocycles. The van der Waals surface area contributed by atoms with Gasteiger partial charge in [0.1, 0.15) is 11.6 Å². The van der Waals surface area contributed by atoms with Crippen LogP contribution in [-0.2, 0) is 0 Å². The van der Waals surface area contributed by atoms with Crippen molar-refractivity contribution >= 4 is 40.7 Å². The molecular weight excluding hydrogens is 466 g/mol. The summed E-state index contributed by atoms with van der Waals surface area (Å²) in [7, 11) is 1.52. The summed E-state index contributed by atoms with van der Waals surface area (Å²) in [4.78, 5) is 26.0. The molecule has 0 saturated carbocycles. The number of amides is 2. The largest absolute Gasteiger partial charge is 0.489 e. The summed E-state index contributed by atoms with van der Waals surface area (Å²) in [6.45, 7) is 3.86. The summed E-state index contributed by atoms with van der Waals surface area (Å²) < 4.78 is 20.4. The number of ether oxygens (including phenoxy) is 1. The van der Waals surface area contributed by atoms with E-state index in [1.165, 1.54) is 30.1 Å². The average Bonchev–Trinajstić information content (AvgIpc) is 2.78. The van der Waals surface area contributed by atoms with Gasteiger partial charge in [-0.3, -0.25) is 9.59 Å². The monoisotopic (exact) mass is 488 g/mol. The molecule has 1 unspecified atom stereocenters. The fourth-order valence-electron chi connectivity index (χ4n) is 3.23. The van der Waals surface area contributed by atoms with Gasteiger partial charge in [-0.25, -0.2) is 4.39 Å². The average molecular weight is 489 g/mol. The van der Waals surface area contributed by atoms with Gasteiger partial charge in [-0.05, 0) is 61.4 Å². The Morgan fingerprint density at radius 2 is 1.82 bits per heavy atom. The van der Waals surface area contributed by atoms with E-state index in [9.17, 15) is 14.0 Å². The fraction of sp³-hybridized carbons (Fsp3) is 0.200. The maximum atomic E-state index is 14.4. The summed E-state index contributed by atoms with van der Waals surface area (Å²) in [6.07, 6.45) is 0.560. The molecule has 0 aliphatic carbocycles. The van der Waals surface area contributed by atoms with Crippen LogP contribution in [0.15, 0.2) is 54.6 Å². The molecule has 33 heavy (non-hydrogen) atoms. The molecule has 172 valence electrons. The molecule has 3 aromatic carbocycles. The van der Waals surface area contributed by atoms with Crippen molar-refractivity contribution in [1.82, 2.24) is 0 Å². The van der Waals surface area contributed by atoms with Gasteiger partial charge < -0.3 is 15.4 Å². The Bertz CT molecular complexity index is 1200. The van der Waals surface area contributed by atoms with Gasteiger partial charge in [0, 0.05) is 23.2 Å². The van der Waals surface area contributed by atoms with E-state index in [0.717, 1.165) is 6.42 Å². The molecule has 5 nitrogen and oxygen atoms in total. The van der Waals surface area contributed by atoms with Crippen molar-refractivity contribution in [1.29, 1.82) is 0 Å². The van der Waals surface area contributed by atoms with Crippen LogP contribution in [0.5, 0.6) is 5.75 Å². The van der Waals surface area contributed by atoms with Gasteiger partial charge in [-0.15, -0.1) is 0 Å². The number of carbonyl (C=O) groups excluding carboxylic acids is 2. The molecule has 0 aromatic heterocycles. The third-order valence-electron chi connectivity index (χ3n) is 5.27. The molecular formula is C25H23Cl2FN2O3. The van der Waals surface area contributed by atoms with Crippen molar-refractivity contribution in [3.05, 3.63) is 81.6 Å². The number of primary amides is 1. The molecule has 0 spiro atoms. The fourth-order valence-corrected chi connectivity index (χ4v) is 3.70. The predicted octanol–water partition coefficient (Wildman–Crippen LogP) is 6.35. The Balaban J connectivity index is 2.10. The Labute approximate surface area is 201 Å². The summed E-state index contributed by atoms with van der Waals surface area (Å²) >= 11 is 12.5. The van der Waals surface area contributed by atoms with Crippen molar-refractivity contribution in [2.75, 3.05) is 11.9 Å². The number of nitrogens with zero attached hydrogens (tertiary/aromatic N) is 1. The van der Waals surface area contributed by atoms with Crippen LogP contribution in [-0.4, -0.2) is 25.0 Å². The number of anilines is 1. The van der Waals surface area contributed by atoms with E-state index >= 15 is 0 Å². The Morgan fingerprint density at radius 3 is 2.45 bits per heavy atom. The van der Waals surface area contributed by atoms with Gasteiger partial charge in [0.15, 0.2) is 0 Å². The summed E-state index contributed by atoms with van der Waals surface area (Å²) in [5.74, 6) is -1.51. The second-order valence-corrected chi connectivity index (χ2v) is 8.35. The van der Waals surface area contributed by atoms with Gasteiger partial charge >= 0.3 is 0 Å². The number of rotatable bonds is 7. The first kappa shape index (κ1) is 24.6. The van der Waals surface area contributed by atoms with Crippen LogP contribution in [0.4, 0.5) is 10.1 Å². The number of hydrogen-bond acceptors (Lipinski definition) is 3. The molecule has 0 aliphatic rings. The zero-order chi connectivity index (χ0) is 24.3. The Morgan fingerprint density at radius 1 is 1.09 bits per heavy atom. The third kappa shape index (κ3) is 5.29. The topological polar surface area (TPSA) is 72.6 Å². The highest BCUT2D eigenvalue weighted by atomic mass is 35.5. The van der Waals surface area contributed by atoms with Crippen LogP contribution >= 0.6 is 23.2 Å². The minimum absolute atomic E-state index is 0.0166. The minimum atomic E-state index is -0.713. The molecule has 0 bridgehead atoms. The SMILES string of the molecule is CCC(C)Oc1cc(-c2cc(C(N)=O)ccc2Cl)ccc1N(C)C(=O)c1c(F)cccc1Cl. The van der Waals surface area contributed by atoms with E-state index in [2.05, 4.69) is 0 Å². The summed E-state index contributed by atoms with van der Waals surface area (Å²) in [6, 6.07) is 13.9. The first-order chi connectivity index (χ1) is 15.6. The molecule has 0 aliphatic heterocycles. The molecule has 2 N–H and O–H groups in total. The lowest BCUT2D eigenvalue weighted by molar-refractivity contribution is 0.0983. The van der Waals surface area contributed by atoms with Crippen LogP contribution in [0.25, 0.3) is 11.1 Å². The smallest absolute Gasteiger partial charge is 0.262 e. The third-order valence-corrected chi connectivity index (χ3v) is 5.91. The minimum Gasteiger partial charge on any atom is -0.489 e. The predicted molar refractivity (Wildman–Crippen MR) is 130 cm³/mol. The second-order valence-electron chi connectivity index (χ2n) is 7.54. The Hall–Kier alpha value is -3.09. The van der Waals surface area contributed by atoms with Crippen molar-refractivity contribution in [3.63, 3.8) is 0 Å². The number of nitrogens with two attached hydrogens (primary N) is 1. The van der Waals surface area contributed by atoms with Gasteiger partial charge in [0.05, 0.1) is 22.4 Å². The van der Waals surface area contributed by atoms with E-state index in [1.54, 1.807) is 36.4 Å². The molecule has 8 heteroatoms. The van der Waals surface area contributed by atoms with Crippen molar-refractivity contribution < 1.29 is 18.7 Å². The highest BCUT2D eigenvalue weighted by molar-refractivity contribution is 6.34. The highest BCUT2D eigenvalue weighted by Gasteiger charge is 2.24. The molecule has 0 fully saturated rings. The van der Waals surface area contributed by atoms with E-state index in [-0.39, 0.29) is 16.7 Å². The highest BCUT2D eigenvalue weighted by Crippen LogP contribution is 2.38. The summed E-state index contributed by atoms with van der Waals surface area (Å²) in [5.41, 5.74) is 7.16. The van der Waals surface area contributed by atoms with Crippen molar-refractivity contribution in [3.8, 4) is 16.9 Å². The van der Waals surface area contributed by atoms with E-state index in [4.69, 9.17) is 33.7 Å². The second kappa shape index (κ2) is 10.2. The van der Waals surface area contributed by atoms with Crippen LogP contribution < -0.4 is 15.4 Å². The summed E-state index contributed by atoms with van der Waals surface area (Å²) in [5, 5.41) is 0.438. The number of benzene rings is 3. The Kier molecular flexibility index (Phi) is 7.61. The quantitative estimate of drug-likeness (QED) is 0.420. The first-order valence-electron chi connectivity index (χ1n) is 10.3. The zero-order valence-corrected chi connectivity index (χ0v) is 19.9. The van der Waals surface area contributed by atoms with Crippen LogP contribution in [0.2, 0.25) is 10.0 Å². The standard InChI is InChI=1S/C25H23Cl2FN2O3/c1-4-14(2)33-22-13-15(17-12-16(24(29)31)8-10-18(17)26)9-11-21(22)30(3)25(32)23-19(27)6-5-7-20(23)28/h5-14H,4H2,1-3H3,(H2,29,31). The van der Waals surface area contributed by atoms with Gasteiger partial charge in [-0.1, -0.05) is 42.3 Å². The number of hydrogen-bond donors (Lipinski definition) is 1. The molecule has 1 atom stereocenters. The van der Waals surface area contributed by atoms with E-state index < -0.39 is 17.6 Å². The van der Waals surface area contributed by atoms with Crippen LogP contribution in [0, 0.1) is 5.82 Å². The van der Waals surface area contributed by atoms with Crippen LogP contribution in [0.1, 0.15) is 41.0 Å². The van der Waals surface area contributed by atoms with Crippen LogP contribution in [0.3, 0.4) is 0 Å². The molecule has 0 radical (unpaired) electrons. The van der Waals surface area contributed by atoms with Gasteiger partial charge in [0.25, 0.3) is 5.91 Å². The normalized spacial score (nSPS) is 11.7. The van der Waals surface area contributed by atoms with Crippen molar-refractivity contribution in [2.24, 2.45) is 5.73 Å². The lowest BCUT2D eigenvalue weighted by Crippen LogP contribution is -2.28. The van der Waals surface area contributed by atoms with E-state index in [1.807, 2.05) is 13.8 Å². The van der Waals surface area contributed by atoms with Crippen molar-refractivity contribution in [2.45, 2.75) is 26.4 Å².